The van der Waals surface area contributed by atoms with Gasteiger partial charge in [-0.3, -0.25) is 9.59 Å². The molecular weight excluding hydrogens is 475 g/mol. The van der Waals surface area contributed by atoms with E-state index in [9.17, 15) is 24.9 Å². The molecule has 2 bridgehead atoms. The normalized spacial score (nSPS) is 35.4. The van der Waals surface area contributed by atoms with Gasteiger partial charge >= 0.3 is 5.97 Å². The molecule has 0 aromatic rings. The number of aliphatic hydroxyl groups is 3. The second-order valence-electron chi connectivity index (χ2n) is 7.63. The number of fused-ring (bicyclic) bond motifs is 1. The summed E-state index contributed by atoms with van der Waals surface area (Å²) in [6, 6.07) is 0. The van der Waals surface area contributed by atoms with Gasteiger partial charge in [-0.1, -0.05) is 41.7 Å². The molecule has 7 heteroatoms. The van der Waals surface area contributed by atoms with Crippen LogP contribution in [0.15, 0.2) is 33.0 Å². The van der Waals surface area contributed by atoms with E-state index in [4.69, 9.17) is 4.74 Å². The Balaban J connectivity index is 2.33. The number of cyclic esters (lactones) is 1. The first-order chi connectivity index (χ1) is 13.3. The zero-order valence-corrected chi connectivity index (χ0v) is 18.5. The van der Waals surface area contributed by atoms with Gasteiger partial charge in [0.25, 0.3) is 0 Å². The Morgan fingerprint density at radius 3 is 2.71 bits per heavy atom. The summed E-state index contributed by atoms with van der Waals surface area (Å²) < 4.78 is 7.38. The van der Waals surface area contributed by atoms with Crippen molar-refractivity contribution in [2.24, 2.45) is 11.8 Å². The molecule has 0 aromatic heterocycles. The van der Waals surface area contributed by atoms with E-state index in [0.717, 1.165) is 17.6 Å². The van der Waals surface area contributed by atoms with E-state index < -0.39 is 30.2 Å². The van der Waals surface area contributed by atoms with E-state index in [-0.39, 0.29) is 30.3 Å². The number of aliphatic hydroxyl groups excluding tert-OH is 3. The molecule has 28 heavy (non-hydrogen) atoms. The van der Waals surface area contributed by atoms with Gasteiger partial charge in [0.2, 0.25) is 0 Å². The zero-order valence-electron chi connectivity index (χ0n) is 16.3. The van der Waals surface area contributed by atoms with Crippen LogP contribution in [0.3, 0.4) is 0 Å². The van der Waals surface area contributed by atoms with Crippen LogP contribution in [0.25, 0.3) is 0 Å². The fraction of sp³-hybridized carbons (Fsp3) is 0.619. The maximum atomic E-state index is 12.5. The summed E-state index contributed by atoms with van der Waals surface area (Å²) in [6.07, 6.45) is 3.13. The van der Waals surface area contributed by atoms with Gasteiger partial charge in [-0.05, 0) is 41.4 Å². The number of ether oxygens (including phenoxy) is 1. The lowest BCUT2D eigenvalue weighted by Gasteiger charge is -2.32. The summed E-state index contributed by atoms with van der Waals surface area (Å²) >= 11 is 2.08. The van der Waals surface area contributed by atoms with Crippen LogP contribution in [0.4, 0.5) is 0 Å². The minimum atomic E-state index is -1.24. The van der Waals surface area contributed by atoms with Crippen LogP contribution in [0.5, 0.6) is 0 Å². The molecule has 0 aromatic carbocycles. The molecule has 5 atom stereocenters. The lowest BCUT2D eigenvalue weighted by atomic mass is 9.76. The van der Waals surface area contributed by atoms with E-state index in [2.05, 4.69) is 22.6 Å². The fourth-order valence-electron chi connectivity index (χ4n) is 3.69. The number of esters is 1. The Labute approximate surface area is 179 Å². The fourth-order valence-corrected chi connectivity index (χ4v) is 4.09. The molecule has 0 saturated carbocycles. The lowest BCUT2D eigenvalue weighted by molar-refractivity contribution is -0.149. The van der Waals surface area contributed by atoms with Gasteiger partial charge in [0.1, 0.15) is 6.10 Å². The van der Waals surface area contributed by atoms with Gasteiger partial charge in [0, 0.05) is 23.8 Å². The van der Waals surface area contributed by atoms with Gasteiger partial charge in [-0.2, -0.15) is 0 Å². The number of rotatable bonds is 2. The average Bonchev–Trinajstić information content (AvgIpc) is 2.67. The van der Waals surface area contributed by atoms with Crippen LogP contribution in [-0.2, 0) is 14.3 Å². The highest BCUT2D eigenvalue weighted by Crippen LogP contribution is 2.32. The third kappa shape index (κ3) is 5.75. The van der Waals surface area contributed by atoms with Crippen molar-refractivity contribution in [3.05, 3.63) is 33.0 Å². The minimum Gasteiger partial charge on any atom is -0.457 e. The Kier molecular flexibility index (Phi) is 8.85. The maximum Gasteiger partial charge on any atom is 0.309 e. The van der Waals surface area contributed by atoms with Crippen LogP contribution in [0.2, 0.25) is 0 Å². The topological polar surface area (TPSA) is 104 Å². The molecule has 156 valence electrons. The third-order valence-corrected chi connectivity index (χ3v) is 6.56. The smallest absolute Gasteiger partial charge is 0.309 e. The van der Waals surface area contributed by atoms with Gasteiger partial charge in [0.05, 0.1) is 25.2 Å². The molecule has 6 nitrogen and oxygen atoms in total. The molecule has 0 radical (unpaired) electrons. The quantitative estimate of drug-likeness (QED) is 0.304. The minimum absolute atomic E-state index is 0.0738. The SMILES string of the molecule is C/C(=C\I)[C@@H]1C/C=C(/CO)CCC[C@@H]2C=C(C(=O)[C@H](C)[C@H]2O)[C@@H](O)CC(=O)O1. The molecule has 1 aliphatic carbocycles. The molecule has 0 spiro atoms. The first-order valence-electron chi connectivity index (χ1n) is 9.65. The van der Waals surface area contributed by atoms with Gasteiger partial charge < -0.3 is 20.1 Å². The second-order valence-corrected chi connectivity index (χ2v) is 8.25. The van der Waals surface area contributed by atoms with Gasteiger partial charge in [-0.15, -0.1) is 0 Å². The Morgan fingerprint density at radius 2 is 2.07 bits per heavy atom. The number of carbonyl (C=O) groups excluding carboxylic acids is 2. The molecule has 1 aliphatic heterocycles. The monoisotopic (exact) mass is 504 g/mol. The predicted octanol–water partition coefficient (Wildman–Crippen LogP) is 2.60. The van der Waals surface area contributed by atoms with Crippen LogP contribution in [0.1, 0.15) is 46.0 Å². The second kappa shape index (κ2) is 10.7. The standard InChI is InChI=1S/C21H29IO6/c1-12(10-22)18-7-6-14(11-23)4-3-5-15-8-16(17(24)9-19(25)28-18)21(27)13(2)20(15)26/h6,8,10,13,15,17-18,20,23-24,26H,3-5,7,9,11H2,1-2H3/b12-10+,14-6+/t13-,15-,17+,18+,20-/m1/s1. The van der Waals surface area contributed by atoms with Crippen LogP contribution in [-0.4, -0.2) is 52.0 Å². The number of hydrogen-bond acceptors (Lipinski definition) is 6. The average molecular weight is 504 g/mol. The molecule has 1 heterocycles. The molecule has 0 unspecified atom stereocenters. The molecule has 0 amide bonds. The van der Waals surface area contributed by atoms with Crippen molar-refractivity contribution in [2.75, 3.05) is 6.61 Å². The van der Waals surface area contributed by atoms with Crippen molar-refractivity contribution >= 4 is 34.3 Å². The first kappa shape index (κ1) is 23.3. The maximum absolute atomic E-state index is 12.5. The third-order valence-electron chi connectivity index (χ3n) is 5.57. The molecular formula is C21H29IO6. The summed E-state index contributed by atoms with van der Waals surface area (Å²) in [4.78, 5) is 24.9. The van der Waals surface area contributed by atoms with E-state index in [1.807, 2.05) is 17.1 Å². The van der Waals surface area contributed by atoms with E-state index in [1.54, 1.807) is 13.0 Å². The highest BCUT2D eigenvalue weighted by molar-refractivity contribution is 14.1. The number of Topliss-reactive ketones (excluding diaryl/α,β-unsaturated/α-hetero) is 1. The number of hydrogen-bond donors (Lipinski definition) is 3. The Morgan fingerprint density at radius 1 is 1.36 bits per heavy atom. The summed E-state index contributed by atoms with van der Waals surface area (Å²) in [5.74, 6) is -1.82. The lowest BCUT2D eigenvalue weighted by Crippen LogP contribution is -2.40. The van der Waals surface area contributed by atoms with E-state index in [0.29, 0.717) is 19.3 Å². The summed E-state index contributed by atoms with van der Waals surface area (Å²) in [5.41, 5.74) is 1.92. The van der Waals surface area contributed by atoms with Gasteiger partial charge in [-0.25, -0.2) is 0 Å². The summed E-state index contributed by atoms with van der Waals surface area (Å²) in [7, 11) is 0. The first-order valence-corrected chi connectivity index (χ1v) is 10.9. The summed E-state index contributed by atoms with van der Waals surface area (Å²) in [6.45, 7) is 3.43. The Bertz CT molecular complexity index is 680. The predicted molar refractivity (Wildman–Crippen MR) is 114 cm³/mol. The van der Waals surface area contributed by atoms with Crippen molar-refractivity contribution in [1.82, 2.24) is 0 Å². The molecule has 0 fully saturated rings. The van der Waals surface area contributed by atoms with Crippen molar-refractivity contribution in [3.8, 4) is 0 Å². The van der Waals surface area contributed by atoms with Crippen molar-refractivity contribution in [1.29, 1.82) is 0 Å². The summed E-state index contributed by atoms with van der Waals surface area (Å²) in [5, 5.41) is 30.6. The molecule has 2 aliphatic rings. The number of carbonyl (C=O) groups is 2. The van der Waals surface area contributed by atoms with E-state index in [1.165, 1.54) is 0 Å². The number of halogens is 1. The van der Waals surface area contributed by atoms with Crippen molar-refractivity contribution in [2.45, 2.75) is 64.3 Å². The van der Waals surface area contributed by atoms with E-state index >= 15 is 0 Å². The Hall–Kier alpha value is -1.03. The highest BCUT2D eigenvalue weighted by Gasteiger charge is 2.38. The number of ketones is 1. The molecule has 0 saturated heterocycles. The van der Waals surface area contributed by atoms with Gasteiger partial charge in [0.15, 0.2) is 5.78 Å². The highest BCUT2D eigenvalue weighted by atomic mass is 127. The van der Waals surface area contributed by atoms with Crippen molar-refractivity contribution in [3.63, 3.8) is 0 Å². The van der Waals surface area contributed by atoms with Crippen molar-refractivity contribution < 1.29 is 29.6 Å². The van der Waals surface area contributed by atoms with Crippen LogP contribution >= 0.6 is 22.6 Å². The van der Waals surface area contributed by atoms with Crippen LogP contribution < -0.4 is 0 Å². The van der Waals surface area contributed by atoms with Crippen LogP contribution in [0, 0.1) is 11.8 Å². The molecule has 2 rings (SSSR count). The largest absolute Gasteiger partial charge is 0.457 e. The zero-order chi connectivity index (χ0) is 20.8. The molecule has 3 N–H and O–H groups in total.